The number of nitrogens with zero attached hydrogens (tertiary/aromatic N) is 3. The van der Waals surface area contributed by atoms with Gasteiger partial charge in [-0.1, -0.05) is 0 Å². The Kier molecular flexibility index (Phi) is 5.27. The number of aromatic amines is 1. The van der Waals surface area contributed by atoms with Crippen LogP contribution in [0.25, 0.3) is 38.6 Å². The van der Waals surface area contributed by atoms with Gasteiger partial charge in [-0.15, -0.1) is 0 Å². The third-order valence-corrected chi connectivity index (χ3v) is 7.41. The van der Waals surface area contributed by atoms with Crippen molar-refractivity contribution in [2.45, 2.75) is 23.8 Å². The molecule has 3 aromatic heterocycles. The molecule has 5 aromatic rings. The van der Waals surface area contributed by atoms with E-state index in [0.717, 1.165) is 57.2 Å². The normalized spacial score (nSPS) is 15.8. The molecular formula is C26H23FN4O2S. The van der Waals surface area contributed by atoms with Crippen LogP contribution in [-0.4, -0.2) is 43.4 Å². The van der Waals surface area contributed by atoms with Crippen molar-refractivity contribution in [1.29, 1.82) is 0 Å². The number of fused-ring (bicyclic) bond motifs is 2. The zero-order valence-electron chi connectivity index (χ0n) is 18.6. The van der Waals surface area contributed by atoms with E-state index in [1.54, 1.807) is 12.5 Å². The van der Waals surface area contributed by atoms with Crippen molar-refractivity contribution in [2.24, 2.45) is 0 Å². The molecule has 1 aliphatic heterocycles. The van der Waals surface area contributed by atoms with Crippen LogP contribution in [0, 0.1) is 5.82 Å². The minimum absolute atomic E-state index is 0.262. The molecule has 0 amide bonds. The third kappa shape index (κ3) is 3.54. The summed E-state index contributed by atoms with van der Waals surface area (Å²) in [4.78, 5) is 4.49. The summed E-state index contributed by atoms with van der Waals surface area (Å²) in [6, 6.07) is 14.7. The number of nitrogens with one attached hydrogen (secondary N) is 1. The molecule has 6 nitrogen and oxygen atoms in total. The maximum absolute atomic E-state index is 13.8. The number of rotatable bonds is 4. The van der Waals surface area contributed by atoms with E-state index in [-0.39, 0.29) is 11.7 Å². The van der Waals surface area contributed by atoms with E-state index in [9.17, 15) is 8.60 Å². The second kappa shape index (κ2) is 8.45. The Labute approximate surface area is 198 Å². The summed E-state index contributed by atoms with van der Waals surface area (Å²) >= 11 is 0. The van der Waals surface area contributed by atoms with Crippen LogP contribution in [-0.2, 0) is 15.5 Å². The number of halogens is 1. The van der Waals surface area contributed by atoms with Gasteiger partial charge in [0.2, 0.25) is 0 Å². The Balaban J connectivity index is 1.71. The van der Waals surface area contributed by atoms with Gasteiger partial charge in [0.25, 0.3) is 0 Å². The van der Waals surface area contributed by atoms with E-state index in [4.69, 9.17) is 4.74 Å². The zero-order valence-corrected chi connectivity index (χ0v) is 19.4. The van der Waals surface area contributed by atoms with Crippen molar-refractivity contribution in [2.75, 3.05) is 19.5 Å². The van der Waals surface area contributed by atoms with Crippen LogP contribution in [0.2, 0.25) is 0 Å². The fourth-order valence-corrected chi connectivity index (χ4v) is 5.43. The standard InChI is InChI=1S/C26H23FN4O2S/c1-34(32)24-7-2-17(14-28-24)25-21-13-22-18(15-29-30-22)12-23(21)31(20-5-3-19(27)4-6-20)26(25)16-8-10-33-11-9-16/h2-7,12-16H,8-11H2,1H3,(H,29,30). The first-order valence-electron chi connectivity index (χ1n) is 11.2. The highest BCUT2D eigenvalue weighted by Crippen LogP contribution is 2.44. The number of benzene rings is 2. The van der Waals surface area contributed by atoms with Gasteiger partial charge in [0.1, 0.15) is 10.8 Å². The smallest absolute Gasteiger partial charge is 0.126 e. The van der Waals surface area contributed by atoms with Crippen LogP contribution in [0.15, 0.2) is 66.0 Å². The van der Waals surface area contributed by atoms with Gasteiger partial charge in [-0.3, -0.25) is 9.31 Å². The van der Waals surface area contributed by atoms with E-state index in [1.165, 1.54) is 12.1 Å². The van der Waals surface area contributed by atoms with Crippen LogP contribution in [0.4, 0.5) is 4.39 Å². The largest absolute Gasteiger partial charge is 0.381 e. The Morgan fingerprint density at radius 1 is 1.09 bits per heavy atom. The van der Waals surface area contributed by atoms with Gasteiger partial charge in [0.15, 0.2) is 0 Å². The second-order valence-corrected chi connectivity index (χ2v) is 9.95. The summed E-state index contributed by atoms with van der Waals surface area (Å²) in [7, 11) is -1.15. The highest BCUT2D eigenvalue weighted by Gasteiger charge is 2.28. The lowest BCUT2D eigenvalue weighted by atomic mass is 9.90. The number of ether oxygens (including phenoxy) is 1. The molecule has 1 fully saturated rings. The van der Waals surface area contributed by atoms with Crippen LogP contribution >= 0.6 is 0 Å². The van der Waals surface area contributed by atoms with Gasteiger partial charge in [0.05, 0.1) is 28.0 Å². The highest BCUT2D eigenvalue weighted by molar-refractivity contribution is 7.84. The fraction of sp³-hybridized carbons (Fsp3) is 0.231. The quantitative estimate of drug-likeness (QED) is 0.382. The number of aromatic nitrogens is 4. The lowest BCUT2D eigenvalue weighted by Crippen LogP contribution is -2.17. The van der Waals surface area contributed by atoms with Gasteiger partial charge >= 0.3 is 0 Å². The lowest BCUT2D eigenvalue weighted by molar-refractivity contribution is 0.0843. The summed E-state index contributed by atoms with van der Waals surface area (Å²) in [6.45, 7) is 1.40. The van der Waals surface area contributed by atoms with E-state index < -0.39 is 10.8 Å². The summed E-state index contributed by atoms with van der Waals surface area (Å²) < 4.78 is 33.7. The highest BCUT2D eigenvalue weighted by atomic mass is 32.2. The maximum atomic E-state index is 13.8. The first-order chi connectivity index (χ1) is 16.6. The molecule has 2 aromatic carbocycles. The second-order valence-electron chi connectivity index (χ2n) is 8.62. The molecule has 172 valence electrons. The average molecular weight is 475 g/mol. The third-order valence-electron chi connectivity index (χ3n) is 6.58. The molecule has 0 spiro atoms. The van der Waals surface area contributed by atoms with Crippen molar-refractivity contribution in [3.63, 3.8) is 0 Å². The van der Waals surface area contributed by atoms with Crippen molar-refractivity contribution < 1.29 is 13.3 Å². The number of H-pyrrole nitrogens is 1. The Bertz CT molecular complexity index is 1520. The molecular weight excluding hydrogens is 451 g/mol. The summed E-state index contributed by atoms with van der Waals surface area (Å²) in [6.07, 6.45) is 7.05. The molecule has 34 heavy (non-hydrogen) atoms. The first kappa shape index (κ1) is 21.2. The van der Waals surface area contributed by atoms with Crippen molar-refractivity contribution in [1.82, 2.24) is 19.7 Å². The predicted octanol–water partition coefficient (Wildman–Crippen LogP) is 5.34. The molecule has 8 heteroatoms. The number of hydrogen-bond donors (Lipinski definition) is 1. The molecule has 6 rings (SSSR count). The maximum Gasteiger partial charge on any atom is 0.126 e. The molecule has 0 bridgehead atoms. The van der Waals surface area contributed by atoms with Crippen LogP contribution in [0.3, 0.4) is 0 Å². The van der Waals surface area contributed by atoms with Crippen LogP contribution in [0.5, 0.6) is 0 Å². The van der Waals surface area contributed by atoms with E-state index in [1.807, 2.05) is 30.5 Å². The Hall–Kier alpha value is -3.36. The van der Waals surface area contributed by atoms with E-state index in [0.29, 0.717) is 18.2 Å². The van der Waals surface area contributed by atoms with Crippen LogP contribution in [0.1, 0.15) is 24.5 Å². The molecule has 1 atom stereocenters. The SMILES string of the molecule is CS(=O)c1ccc(-c2c(C3CCOCC3)n(-c3ccc(F)cc3)c3cc4cn[nH]c4cc23)cn1. The first-order valence-corrected chi connectivity index (χ1v) is 12.8. The predicted molar refractivity (Wildman–Crippen MR) is 131 cm³/mol. The van der Waals surface area contributed by atoms with Crippen LogP contribution < -0.4 is 0 Å². The minimum atomic E-state index is -1.15. The molecule has 0 aliphatic carbocycles. The van der Waals surface area contributed by atoms with Gasteiger partial charge < -0.3 is 9.30 Å². The molecule has 1 aliphatic rings. The lowest BCUT2D eigenvalue weighted by Gasteiger charge is -2.25. The molecule has 0 saturated carbocycles. The minimum Gasteiger partial charge on any atom is -0.381 e. The van der Waals surface area contributed by atoms with Gasteiger partial charge in [0, 0.05) is 64.9 Å². The van der Waals surface area contributed by atoms with Crippen molar-refractivity contribution >= 4 is 32.6 Å². The Morgan fingerprint density at radius 3 is 2.59 bits per heavy atom. The molecule has 4 heterocycles. The number of pyridine rings is 1. The zero-order chi connectivity index (χ0) is 23.2. The topological polar surface area (TPSA) is 72.8 Å². The summed E-state index contributed by atoms with van der Waals surface area (Å²) in [5, 5.41) is 9.93. The summed E-state index contributed by atoms with van der Waals surface area (Å²) in [5.41, 5.74) is 6.09. The van der Waals surface area contributed by atoms with Crippen molar-refractivity contribution in [3.8, 4) is 16.8 Å². The summed E-state index contributed by atoms with van der Waals surface area (Å²) in [5.74, 6) is -0.00437. The van der Waals surface area contributed by atoms with Gasteiger partial charge in [-0.25, -0.2) is 9.37 Å². The van der Waals surface area contributed by atoms with E-state index >= 15 is 0 Å². The monoisotopic (exact) mass is 474 g/mol. The van der Waals surface area contributed by atoms with Gasteiger partial charge in [-0.05, 0) is 61.4 Å². The average Bonchev–Trinajstić information content (AvgIpc) is 3.45. The molecule has 1 saturated heterocycles. The number of hydrogen-bond acceptors (Lipinski definition) is 4. The van der Waals surface area contributed by atoms with Gasteiger partial charge in [-0.2, -0.15) is 5.10 Å². The van der Waals surface area contributed by atoms with Crippen molar-refractivity contribution in [3.05, 3.63) is 72.4 Å². The van der Waals surface area contributed by atoms with E-state index in [2.05, 4.69) is 31.9 Å². The Morgan fingerprint density at radius 2 is 1.88 bits per heavy atom. The molecule has 0 radical (unpaired) electrons. The molecule has 1 N–H and O–H groups in total. The fourth-order valence-electron chi connectivity index (χ4n) is 4.97. The molecule has 1 unspecified atom stereocenters.